The molecule has 1 rings (SSSR count). The molecule has 1 aromatic heterocycles. The molecule has 0 aromatic carbocycles. The molecule has 0 aliphatic carbocycles. The molecule has 1 aromatic rings. The van der Waals surface area contributed by atoms with Crippen LogP contribution in [0.4, 0.5) is 0 Å². The largest absolute Gasteiger partial charge is 0.325 e. The van der Waals surface area contributed by atoms with Crippen LogP contribution < -0.4 is 16.6 Å². The predicted octanol–water partition coefficient (Wildman–Crippen LogP) is -1.71. The van der Waals surface area contributed by atoms with E-state index in [1.807, 2.05) is 4.98 Å². The minimum absolute atomic E-state index is 0.280. The highest BCUT2D eigenvalue weighted by molar-refractivity contribution is 7.89. The third kappa shape index (κ3) is 3.28. The SMILES string of the molecule is CNCCCN(C)S(=O)(=O)c1c[nH]c(=O)[nH]c1=O. The lowest BCUT2D eigenvalue weighted by Crippen LogP contribution is -2.35. The van der Waals surface area contributed by atoms with Gasteiger partial charge < -0.3 is 10.3 Å². The molecule has 0 aliphatic rings. The summed E-state index contributed by atoms with van der Waals surface area (Å²) >= 11 is 0. The first-order valence-electron chi connectivity index (χ1n) is 5.32. The monoisotopic (exact) mass is 276 g/mol. The zero-order valence-corrected chi connectivity index (χ0v) is 11.0. The summed E-state index contributed by atoms with van der Waals surface area (Å²) in [6.45, 7) is 0.948. The van der Waals surface area contributed by atoms with Crippen LogP contribution in [0.5, 0.6) is 0 Å². The van der Waals surface area contributed by atoms with E-state index in [0.29, 0.717) is 13.0 Å². The molecule has 9 heteroatoms. The van der Waals surface area contributed by atoms with E-state index >= 15 is 0 Å². The normalized spacial score (nSPS) is 11.9. The minimum atomic E-state index is -3.88. The van der Waals surface area contributed by atoms with E-state index in [9.17, 15) is 18.0 Å². The molecule has 0 saturated heterocycles. The molecular weight excluding hydrogens is 260 g/mol. The first-order valence-corrected chi connectivity index (χ1v) is 6.76. The number of aromatic nitrogens is 2. The Bertz CT molecular complexity index is 603. The van der Waals surface area contributed by atoms with E-state index in [1.165, 1.54) is 7.05 Å². The summed E-state index contributed by atoms with van der Waals surface area (Å²) in [5.74, 6) is 0. The molecule has 0 spiro atoms. The molecule has 0 fully saturated rings. The topological polar surface area (TPSA) is 115 Å². The van der Waals surface area contributed by atoms with Gasteiger partial charge in [0.05, 0.1) is 0 Å². The van der Waals surface area contributed by atoms with Crippen molar-refractivity contribution >= 4 is 10.0 Å². The smallest absolute Gasteiger partial charge is 0.320 e. The Morgan fingerprint density at radius 2 is 2.06 bits per heavy atom. The quantitative estimate of drug-likeness (QED) is 0.535. The molecule has 3 N–H and O–H groups in total. The van der Waals surface area contributed by atoms with Crippen LogP contribution in [-0.2, 0) is 10.0 Å². The van der Waals surface area contributed by atoms with E-state index in [1.54, 1.807) is 7.05 Å². The Morgan fingerprint density at radius 3 is 2.61 bits per heavy atom. The second kappa shape index (κ2) is 5.94. The van der Waals surface area contributed by atoms with E-state index in [0.717, 1.165) is 10.5 Å². The molecule has 0 aliphatic heterocycles. The maximum absolute atomic E-state index is 12.0. The first-order chi connectivity index (χ1) is 8.39. The van der Waals surface area contributed by atoms with Crippen molar-refractivity contribution in [1.82, 2.24) is 19.6 Å². The Morgan fingerprint density at radius 1 is 1.39 bits per heavy atom. The summed E-state index contributed by atoms with van der Waals surface area (Å²) in [7, 11) is -0.726. The fourth-order valence-electron chi connectivity index (χ4n) is 1.36. The number of nitrogens with zero attached hydrogens (tertiary/aromatic N) is 1. The number of nitrogens with one attached hydrogen (secondary N) is 3. The van der Waals surface area contributed by atoms with Gasteiger partial charge in [-0.05, 0) is 20.0 Å². The van der Waals surface area contributed by atoms with Crippen LogP contribution in [0.1, 0.15) is 6.42 Å². The Hall–Kier alpha value is -1.45. The van der Waals surface area contributed by atoms with Gasteiger partial charge in [0.1, 0.15) is 0 Å². The van der Waals surface area contributed by atoms with E-state index in [-0.39, 0.29) is 6.54 Å². The summed E-state index contributed by atoms with van der Waals surface area (Å²) in [5.41, 5.74) is -1.66. The second-order valence-electron chi connectivity index (χ2n) is 3.72. The van der Waals surface area contributed by atoms with Gasteiger partial charge in [-0.15, -0.1) is 0 Å². The van der Waals surface area contributed by atoms with Crippen LogP contribution in [0, 0.1) is 0 Å². The maximum Gasteiger partial charge on any atom is 0.325 e. The predicted molar refractivity (Wildman–Crippen MR) is 66.0 cm³/mol. The van der Waals surface area contributed by atoms with Gasteiger partial charge in [0.15, 0.2) is 4.90 Å². The summed E-state index contributed by atoms with van der Waals surface area (Å²) in [5, 5.41) is 2.90. The van der Waals surface area contributed by atoms with Gasteiger partial charge in [-0.25, -0.2) is 17.5 Å². The molecule has 1 heterocycles. The highest BCUT2D eigenvalue weighted by Gasteiger charge is 2.23. The van der Waals surface area contributed by atoms with Gasteiger partial charge in [-0.3, -0.25) is 9.78 Å². The summed E-state index contributed by atoms with van der Waals surface area (Å²) < 4.78 is 25.1. The van der Waals surface area contributed by atoms with Crippen molar-refractivity contribution in [2.45, 2.75) is 11.3 Å². The summed E-state index contributed by atoms with van der Waals surface area (Å²) in [6.07, 6.45) is 1.53. The van der Waals surface area contributed by atoms with Gasteiger partial charge in [-0.1, -0.05) is 0 Å². The van der Waals surface area contributed by atoms with Crippen molar-refractivity contribution in [3.8, 4) is 0 Å². The van der Waals surface area contributed by atoms with Crippen molar-refractivity contribution in [2.75, 3.05) is 27.2 Å². The van der Waals surface area contributed by atoms with E-state index in [4.69, 9.17) is 0 Å². The number of aromatic amines is 2. The lowest BCUT2D eigenvalue weighted by Gasteiger charge is -2.16. The van der Waals surface area contributed by atoms with Crippen LogP contribution >= 0.6 is 0 Å². The third-order valence-electron chi connectivity index (χ3n) is 2.37. The van der Waals surface area contributed by atoms with Gasteiger partial charge in [0, 0.05) is 19.8 Å². The van der Waals surface area contributed by atoms with Gasteiger partial charge in [-0.2, -0.15) is 0 Å². The average Bonchev–Trinajstić information content (AvgIpc) is 2.28. The highest BCUT2D eigenvalue weighted by Crippen LogP contribution is 2.07. The third-order valence-corrected chi connectivity index (χ3v) is 4.24. The van der Waals surface area contributed by atoms with Crippen LogP contribution in [-0.4, -0.2) is 49.9 Å². The van der Waals surface area contributed by atoms with Crippen LogP contribution in [0.3, 0.4) is 0 Å². The lowest BCUT2D eigenvalue weighted by molar-refractivity contribution is 0.457. The molecule has 0 amide bonds. The Balaban J connectivity index is 2.99. The molecule has 0 bridgehead atoms. The van der Waals surface area contributed by atoms with Crippen molar-refractivity contribution in [3.05, 3.63) is 27.0 Å². The number of H-pyrrole nitrogens is 2. The Kier molecular flexibility index (Phi) is 4.82. The number of sulfonamides is 1. The molecule has 8 nitrogen and oxygen atoms in total. The molecule has 18 heavy (non-hydrogen) atoms. The summed E-state index contributed by atoms with van der Waals surface area (Å²) in [6, 6.07) is 0. The maximum atomic E-state index is 12.0. The zero-order valence-electron chi connectivity index (χ0n) is 10.2. The van der Waals surface area contributed by atoms with Crippen LogP contribution in [0.2, 0.25) is 0 Å². The molecule has 102 valence electrons. The van der Waals surface area contributed by atoms with Crippen molar-refractivity contribution in [2.24, 2.45) is 0 Å². The molecule has 0 saturated carbocycles. The standard InChI is InChI=1S/C9H16N4O4S/c1-10-4-3-5-13(2)18(16,17)7-6-11-9(15)12-8(7)14/h6,10H,3-5H2,1-2H3,(H2,11,12,14,15). The lowest BCUT2D eigenvalue weighted by atomic mass is 10.4. The zero-order chi connectivity index (χ0) is 13.8. The Labute approximate surface area is 104 Å². The van der Waals surface area contributed by atoms with Crippen molar-refractivity contribution in [1.29, 1.82) is 0 Å². The van der Waals surface area contributed by atoms with Gasteiger partial charge in [0.2, 0.25) is 10.0 Å². The number of rotatable bonds is 6. The highest BCUT2D eigenvalue weighted by atomic mass is 32.2. The first kappa shape index (κ1) is 14.6. The van der Waals surface area contributed by atoms with E-state index < -0.39 is 26.2 Å². The van der Waals surface area contributed by atoms with Gasteiger partial charge >= 0.3 is 5.69 Å². The minimum Gasteiger partial charge on any atom is -0.320 e. The van der Waals surface area contributed by atoms with Crippen molar-refractivity contribution < 1.29 is 8.42 Å². The molecule has 0 atom stereocenters. The van der Waals surface area contributed by atoms with Gasteiger partial charge in [0.25, 0.3) is 5.56 Å². The fourth-order valence-corrected chi connectivity index (χ4v) is 2.55. The second-order valence-corrected chi connectivity index (χ2v) is 5.73. The summed E-state index contributed by atoms with van der Waals surface area (Å²) in [4.78, 5) is 25.8. The molecule has 0 radical (unpaired) electrons. The van der Waals surface area contributed by atoms with E-state index in [2.05, 4.69) is 10.3 Å². The molecule has 0 unspecified atom stereocenters. The number of hydrogen-bond acceptors (Lipinski definition) is 5. The van der Waals surface area contributed by atoms with Crippen LogP contribution in [0.15, 0.2) is 20.7 Å². The average molecular weight is 276 g/mol. The van der Waals surface area contributed by atoms with Crippen molar-refractivity contribution in [3.63, 3.8) is 0 Å². The molecular formula is C9H16N4O4S. The fraction of sp³-hybridized carbons (Fsp3) is 0.556. The number of hydrogen-bond donors (Lipinski definition) is 3. The van der Waals surface area contributed by atoms with Crippen LogP contribution in [0.25, 0.3) is 0 Å².